The molecule has 4 heterocycles. The van der Waals surface area contributed by atoms with E-state index in [1.807, 2.05) is 121 Å². The minimum atomic E-state index is -0.479. The van der Waals surface area contributed by atoms with Crippen LogP contribution in [-0.4, -0.2) is 19.0 Å². The first-order chi connectivity index (χ1) is 24.7. The molecule has 0 aliphatic carbocycles. The van der Waals surface area contributed by atoms with Crippen LogP contribution in [0, 0.1) is 0 Å². The maximum Gasteiger partial charge on any atom is 0.301 e. The zero-order valence-corrected chi connectivity index (χ0v) is 26.6. The molecular formula is C44H26N4O2. The molecule has 0 fully saturated rings. The third-order valence-electron chi connectivity index (χ3n) is 9.70. The quantitative estimate of drug-likeness (QED) is 0.192. The first kappa shape index (κ1) is 28.1. The molecule has 50 heavy (non-hydrogen) atoms. The zero-order valence-electron chi connectivity index (χ0n) is 26.6. The summed E-state index contributed by atoms with van der Waals surface area (Å²) >= 11 is 0. The molecule has 0 spiro atoms. The SMILES string of the molecule is O=c1c2nc(-c3cccc4ccccc34)cc(-c3ccccc3)c2n2c3c(-c4ccccc4)cc(-c4cccc5ccccc45)nc3c(=O)n12. The van der Waals surface area contributed by atoms with E-state index in [0.29, 0.717) is 22.4 Å². The summed E-state index contributed by atoms with van der Waals surface area (Å²) in [5.41, 5.74) is 7.19. The van der Waals surface area contributed by atoms with Crippen LogP contribution in [0.5, 0.6) is 0 Å². The number of benzene rings is 6. The van der Waals surface area contributed by atoms with Gasteiger partial charge in [-0.2, -0.15) is 4.52 Å². The lowest BCUT2D eigenvalue weighted by molar-refractivity contribution is 0.841. The first-order valence-corrected chi connectivity index (χ1v) is 16.5. The van der Waals surface area contributed by atoms with E-state index >= 15 is 0 Å². The molecule has 6 aromatic carbocycles. The van der Waals surface area contributed by atoms with Gasteiger partial charge in [0, 0.05) is 22.3 Å². The van der Waals surface area contributed by atoms with Gasteiger partial charge in [-0.15, -0.1) is 0 Å². The summed E-state index contributed by atoms with van der Waals surface area (Å²) in [5, 5.41) is 4.22. The molecule has 0 atom stereocenters. The van der Waals surface area contributed by atoms with Gasteiger partial charge in [0.15, 0.2) is 11.0 Å². The molecule has 0 bridgehead atoms. The highest BCUT2D eigenvalue weighted by Gasteiger charge is 2.26. The fraction of sp³-hybridized carbons (Fsp3) is 0. The zero-order chi connectivity index (χ0) is 33.3. The fourth-order valence-electron chi connectivity index (χ4n) is 7.44. The van der Waals surface area contributed by atoms with Crippen LogP contribution >= 0.6 is 0 Å². The van der Waals surface area contributed by atoms with Crippen molar-refractivity contribution in [2.45, 2.75) is 0 Å². The van der Waals surface area contributed by atoms with Gasteiger partial charge in [0.25, 0.3) is 0 Å². The van der Waals surface area contributed by atoms with E-state index in [1.165, 1.54) is 4.52 Å². The highest BCUT2D eigenvalue weighted by molar-refractivity contribution is 6.04. The molecule has 0 saturated heterocycles. The van der Waals surface area contributed by atoms with E-state index in [4.69, 9.17) is 9.97 Å². The average Bonchev–Trinajstić information content (AvgIpc) is 3.64. The van der Waals surface area contributed by atoms with Crippen molar-refractivity contribution in [1.82, 2.24) is 19.0 Å². The van der Waals surface area contributed by atoms with Crippen LogP contribution in [0.1, 0.15) is 0 Å². The van der Waals surface area contributed by atoms with Gasteiger partial charge in [0.2, 0.25) is 0 Å². The number of nitrogens with zero attached hydrogens (tertiary/aromatic N) is 4. The normalized spacial score (nSPS) is 11.8. The third kappa shape index (κ3) is 4.09. The first-order valence-electron chi connectivity index (χ1n) is 16.5. The highest BCUT2D eigenvalue weighted by atomic mass is 16.2. The number of fused-ring (bicyclic) bond motifs is 7. The Hall–Kier alpha value is -6.92. The molecule has 0 N–H and O–H groups in total. The van der Waals surface area contributed by atoms with Gasteiger partial charge in [0.05, 0.1) is 11.4 Å². The van der Waals surface area contributed by atoms with Crippen LogP contribution in [0.4, 0.5) is 0 Å². The number of aromatic nitrogens is 4. The van der Waals surface area contributed by atoms with Crippen LogP contribution in [0.2, 0.25) is 0 Å². The van der Waals surface area contributed by atoms with E-state index in [0.717, 1.165) is 54.9 Å². The second-order valence-corrected chi connectivity index (χ2v) is 12.5. The topological polar surface area (TPSA) is 68.7 Å². The lowest BCUT2D eigenvalue weighted by Crippen LogP contribution is -2.22. The monoisotopic (exact) mass is 642 g/mol. The van der Waals surface area contributed by atoms with E-state index in [2.05, 4.69) is 36.4 Å². The van der Waals surface area contributed by atoms with Crippen molar-refractivity contribution >= 4 is 43.6 Å². The summed E-state index contributed by atoms with van der Waals surface area (Å²) in [4.78, 5) is 39.1. The Morgan fingerprint density at radius 2 is 0.780 bits per heavy atom. The number of hydrogen-bond acceptors (Lipinski definition) is 4. The van der Waals surface area contributed by atoms with Crippen LogP contribution < -0.4 is 11.1 Å². The molecular weight excluding hydrogens is 617 g/mol. The van der Waals surface area contributed by atoms with Gasteiger partial charge in [0.1, 0.15) is 11.0 Å². The van der Waals surface area contributed by atoms with Crippen molar-refractivity contribution in [2.75, 3.05) is 0 Å². The summed E-state index contributed by atoms with van der Waals surface area (Å²) in [7, 11) is 0. The van der Waals surface area contributed by atoms with Gasteiger partial charge in [-0.1, -0.05) is 146 Å². The predicted molar refractivity (Wildman–Crippen MR) is 202 cm³/mol. The molecule has 0 aliphatic rings. The summed E-state index contributed by atoms with van der Waals surface area (Å²) in [6.45, 7) is 0. The second kappa shape index (κ2) is 10.8. The largest absolute Gasteiger partial charge is 0.301 e. The molecule has 0 saturated carbocycles. The predicted octanol–water partition coefficient (Wildman–Crippen LogP) is 9.27. The van der Waals surface area contributed by atoms with Gasteiger partial charge in [-0.3, -0.25) is 9.59 Å². The molecule has 10 aromatic rings. The van der Waals surface area contributed by atoms with Gasteiger partial charge in [-0.25, -0.2) is 14.5 Å². The molecule has 0 amide bonds. The lowest BCUT2D eigenvalue weighted by atomic mass is 9.97. The molecule has 0 radical (unpaired) electrons. The number of rotatable bonds is 4. The van der Waals surface area contributed by atoms with Crippen LogP contribution in [-0.2, 0) is 0 Å². The Bertz CT molecular complexity index is 2860. The summed E-state index contributed by atoms with van der Waals surface area (Å²) < 4.78 is 2.97. The molecule has 6 heteroatoms. The Morgan fingerprint density at radius 3 is 1.24 bits per heavy atom. The van der Waals surface area contributed by atoms with Gasteiger partial charge < -0.3 is 0 Å². The Balaban J connectivity index is 1.37. The van der Waals surface area contributed by atoms with E-state index in [9.17, 15) is 9.59 Å². The minimum Gasteiger partial charge on any atom is -0.265 e. The maximum atomic E-state index is 14.5. The van der Waals surface area contributed by atoms with Crippen molar-refractivity contribution in [1.29, 1.82) is 0 Å². The molecule has 10 rings (SSSR count). The molecule has 0 aliphatic heterocycles. The van der Waals surface area contributed by atoms with Crippen LogP contribution in [0.15, 0.2) is 167 Å². The van der Waals surface area contributed by atoms with Gasteiger partial charge in [-0.05, 0) is 44.8 Å². The van der Waals surface area contributed by atoms with Crippen molar-refractivity contribution in [3.63, 3.8) is 0 Å². The van der Waals surface area contributed by atoms with E-state index in [1.54, 1.807) is 4.52 Å². The number of hydrogen-bond donors (Lipinski definition) is 0. The maximum absolute atomic E-state index is 14.5. The Morgan fingerprint density at radius 1 is 0.380 bits per heavy atom. The van der Waals surface area contributed by atoms with Crippen LogP contribution in [0.3, 0.4) is 0 Å². The molecule has 4 aromatic heterocycles. The van der Waals surface area contributed by atoms with Crippen molar-refractivity contribution < 1.29 is 0 Å². The molecule has 0 unspecified atom stereocenters. The highest BCUT2D eigenvalue weighted by Crippen LogP contribution is 2.38. The average molecular weight is 643 g/mol. The Kier molecular flexibility index (Phi) is 6.08. The van der Waals surface area contributed by atoms with Gasteiger partial charge >= 0.3 is 11.1 Å². The lowest BCUT2D eigenvalue weighted by Gasteiger charge is -2.12. The van der Waals surface area contributed by atoms with E-state index < -0.39 is 11.1 Å². The number of pyridine rings is 2. The third-order valence-corrected chi connectivity index (χ3v) is 9.70. The molecule has 6 nitrogen and oxygen atoms in total. The smallest absolute Gasteiger partial charge is 0.265 e. The fourth-order valence-corrected chi connectivity index (χ4v) is 7.44. The molecule has 234 valence electrons. The minimum absolute atomic E-state index is 0.227. The van der Waals surface area contributed by atoms with Crippen molar-refractivity contribution in [2.24, 2.45) is 0 Å². The second-order valence-electron chi connectivity index (χ2n) is 12.5. The van der Waals surface area contributed by atoms with E-state index in [-0.39, 0.29) is 11.0 Å². The standard InChI is InChI=1S/C44H26N4O2/c49-43-39-41(35(29-13-3-1-4-14-29)25-37(45-39)33-23-11-19-27-17-7-9-21-31(27)33)47-42-36(30-15-5-2-6-16-30)26-38(46-40(42)44(50)48(43)47)34-24-12-20-28-18-8-10-22-32(28)34/h1-26H. The summed E-state index contributed by atoms with van der Waals surface area (Å²) in [6, 6.07) is 52.5. The van der Waals surface area contributed by atoms with Crippen LogP contribution in [0.25, 0.3) is 88.4 Å². The van der Waals surface area contributed by atoms with Crippen molar-refractivity contribution in [3.05, 3.63) is 178 Å². The summed E-state index contributed by atoms with van der Waals surface area (Å²) in [6.07, 6.45) is 0. The Labute approximate surface area is 285 Å². The van der Waals surface area contributed by atoms with Crippen molar-refractivity contribution in [3.8, 4) is 44.8 Å². The summed E-state index contributed by atoms with van der Waals surface area (Å²) in [5.74, 6) is 0.